The average Bonchev–Trinajstić information content (AvgIpc) is 3.25. The van der Waals surface area contributed by atoms with E-state index >= 15 is 0 Å². The van der Waals surface area contributed by atoms with Gasteiger partial charge >= 0.3 is 0 Å². The molecule has 1 aliphatic heterocycles. The van der Waals surface area contributed by atoms with Crippen LogP contribution in [0.2, 0.25) is 0 Å². The number of amides is 1. The Balaban J connectivity index is 1.50. The van der Waals surface area contributed by atoms with Crippen LogP contribution < -0.4 is 10.9 Å². The van der Waals surface area contributed by atoms with Gasteiger partial charge in [-0.3, -0.25) is 14.2 Å². The minimum atomic E-state index is -0.0614. The van der Waals surface area contributed by atoms with Gasteiger partial charge in [0.25, 0.3) is 5.56 Å². The van der Waals surface area contributed by atoms with E-state index in [1.54, 1.807) is 4.57 Å². The summed E-state index contributed by atoms with van der Waals surface area (Å²) in [6, 6.07) is 7.63. The number of benzene rings is 1. The molecule has 2 heterocycles. The molecule has 1 aromatic carbocycles. The Morgan fingerprint density at radius 1 is 1.23 bits per heavy atom. The highest BCUT2D eigenvalue weighted by Gasteiger charge is 2.28. The van der Waals surface area contributed by atoms with Crippen LogP contribution in [0.1, 0.15) is 46.0 Å². The zero-order valence-electron chi connectivity index (χ0n) is 17.8. The molecular formula is C23H31N3O3S. The van der Waals surface area contributed by atoms with Gasteiger partial charge in [0, 0.05) is 12.6 Å². The third-order valence-electron chi connectivity index (χ3n) is 6.62. The molecular weight excluding hydrogens is 398 g/mol. The van der Waals surface area contributed by atoms with E-state index in [-0.39, 0.29) is 29.4 Å². The summed E-state index contributed by atoms with van der Waals surface area (Å²) in [5.74, 6) is 1.39. The Bertz CT molecular complexity index is 954. The Hall–Kier alpha value is -1.86. The number of rotatable bonds is 6. The smallest absolute Gasteiger partial charge is 0.262 e. The number of carbonyl (C=O) groups excluding carboxylic acids is 1. The van der Waals surface area contributed by atoms with Crippen LogP contribution in [0, 0.1) is 11.8 Å². The summed E-state index contributed by atoms with van der Waals surface area (Å²) in [7, 11) is 0. The highest BCUT2D eigenvalue weighted by molar-refractivity contribution is 7.99. The van der Waals surface area contributed by atoms with Gasteiger partial charge in [0.15, 0.2) is 5.16 Å². The van der Waals surface area contributed by atoms with Crippen molar-refractivity contribution in [1.82, 2.24) is 14.9 Å². The van der Waals surface area contributed by atoms with Crippen molar-refractivity contribution in [3.8, 4) is 0 Å². The van der Waals surface area contributed by atoms with Crippen molar-refractivity contribution in [3.63, 3.8) is 0 Å². The van der Waals surface area contributed by atoms with Crippen molar-refractivity contribution < 1.29 is 9.53 Å². The number of hydrogen-bond acceptors (Lipinski definition) is 5. The average molecular weight is 430 g/mol. The van der Waals surface area contributed by atoms with Crippen LogP contribution >= 0.6 is 11.8 Å². The van der Waals surface area contributed by atoms with E-state index in [1.807, 2.05) is 24.3 Å². The summed E-state index contributed by atoms with van der Waals surface area (Å²) in [4.78, 5) is 30.5. The number of carbonyl (C=O) groups is 1. The van der Waals surface area contributed by atoms with Crippen LogP contribution in [0.5, 0.6) is 0 Å². The first-order valence-electron chi connectivity index (χ1n) is 11.1. The zero-order chi connectivity index (χ0) is 21.1. The number of fused-ring (bicyclic) bond motifs is 1. The lowest BCUT2D eigenvalue weighted by Crippen LogP contribution is -2.44. The molecule has 0 spiro atoms. The highest BCUT2D eigenvalue weighted by Crippen LogP contribution is 2.29. The molecule has 0 unspecified atom stereocenters. The van der Waals surface area contributed by atoms with Gasteiger partial charge in [-0.2, -0.15) is 0 Å². The summed E-state index contributed by atoms with van der Waals surface area (Å²) in [6.45, 7) is 5.72. The number of ether oxygens (including phenoxy) is 1. The van der Waals surface area contributed by atoms with E-state index < -0.39 is 0 Å². The molecule has 4 atom stereocenters. The van der Waals surface area contributed by atoms with Gasteiger partial charge in [0.1, 0.15) is 0 Å². The Labute approximate surface area is 181 Å². The summed E-state index contributed by atoms with van der Waals surface area (Å²) >= 11 is 1.34. The van der Waals surface area contributed by atoms with Gasteiger partial charge in [0.05, 0.1) is 29.3 Å². The number of para-hydroxylation sites is 1. The normalized spacial score (nSPS) is 26.7. The van der Waals surface area contributed by atoms with Crippen molar-refractivity contribution in [3.05, 3.63) is 34.6 Å². The molecule has 1 aromatic heterocycles. The first-order chi connectivity index (χ1) is 14.5. The number of hydrogen-bond donors (Lipinski definition) is 1. The molecule has 1 amide bonds. The third kappa shape index (κ3) is 4.72. The van der Waals surface area contributed by atoms with Crippen LogP contribution in [0.4, 0.5) is 0 Å². The third-order valence-corrected chi connectivity index (χ3v) is 7.60. The maximum absolute atomic E-state index is 13.1. The molecule has 0 radical (unpaired) electrons. The predicted molar refractivity (Wildman–Crippen MR) is 120 cm³/mol. The van der Waals surface area contributed by atoms with Crippen molar-refractivity contribution in [1.29, 1.82) is 0 Å². The van der Waals surface area contributed by atoms with Crippen LogP contribution in [0.15, 0.2) is 34.2 Å². The Kier molecular flexibility index (Phi) is 6.78. The maximum atomic E-state index is 13.1. The van der Waals surface area contributed by atoms with E-state index in [0.29, 0.717) is 34.4 Å². The van der Waals surface area contributed by atoms with Crippen LogP contribution in [0.25, 0.3) is 10.9 Å². The first-order valence-corrected chi connectivity index (χ1v) is 12.0. The monoisotopic (exact) mass is 429 g/mol. The molecule has 162 valence electrons. The largest absolute Gasteiger partial charge is 0.376 e. The van der Waals surface area contributed by atoms with Crippen molar-refractivity contribution in [2.75, 3.05) is 12.4 Å². The maximum Gasteiger partial charge on any atom is 0.262 e. The fraction of sp³-hybridized carbons (Fsp3) is 0.609. The molecule has 4 rings (SSSR count). The molecule has 1 saturated heterocycles. The molecule has 1 saturated carbocycles. The fourth-order valence-electron chi connectivity index (χ4n) is 4.58. The van der Waals surface area contributed by atoms with Crippen molar-refractivity contribution >= 4 is 28.6 Å². The lowest BCUT2D eigenvalue weighted by atomic mass is 9.78. The summed E-state index contributed by atoms with van der Waals surface area (Å²) < 4.78 is 7.45. The molecule has 0 bridgehead atoms. The van der Waals surface area contributed by atoms with Gasteiger partial charge in [-0.25, -0.2) is 4.98 Å². The second-order valence-corrected chi connectivity index (χ2v) is 9.63. The van der Waals surface area contributed by atoms with E-state index in [2.05, 4.69) is 19.2 Å². The molecule has 2 aliphatic rings. The first kappa shape index (κ1) is 21.4. The molecule has 2 fully saturated rings. The fourth-order valence-corrected chi connectivity index (χ4v) is 5.39. The van der Waals surface area contributed by atoms with Crippen LogP contribution in [0.3, 0.4) is 0 Å². The SMILES string of the molecule is C[C@@H]1[C@@H](C)CCC[C@H]1NC(=O)CSc1nc2ccccc2c(=O)n1C[C@@H]1CCCO1. The number of nitrogens with zero attached hydrogens (tertiary/aromatic N) is 2. The van der Waals surface area contributed by atoms with Crippen LogP contribution in [-0.2, 0) is 16.1 Å². The number of thioether (sulfide) groups is 1. The molecule has 1 aliphatic carbocycles. The number of aromatic nitrogens is 2. The predicted octanol–water partition coefficient (Wildman–Crippen LogP) is 3.61. The standard InChI is InChI=1S/C23H31N3O3S/c1-15-7-5-11-19(16(15)2)24-21(27)14-30-23-25-20-10-4-3-9-18(20)22(28)26(23)13-17-8-6-12-29-17/h3-4,9-10,15-17,19H,5-8,11-14H2,1-2H3,(H,24,27)/t15-,16+,17-,19+/m0/s1. The van der Waals surface area contributed by atoms with E-state index in [4.69, 9.17) is 9.72 Å². The Morgan fingerprint density at radius 3 is 2.87 bits per heavy atom. The minimum absolute atomic E-state index is 0.0111. The summed E-state index contributed by atoms with van der Waals surface area (Å²) in [6.07, 6.45) is 5.43. The van der Waals surface area contributed by atoms with Gasteiger partial charge in [-0.1, -0.05) is 50.6 Å². The van der Waals surface area contributed by atoms with Gasteiger partial charge in [-0.05, 0) is 43.2 Å². The molecule has 30 heavy (non-hydrogen) atoms. The lowest BCUT2D eigenvalue weighted by molar-refractivity contribution is -0.120. The van der Waals surface area contributed by atoms with Gasteiger partial charge < -0.3 is 10.1 Å². The quantitative estimate of drug-likeness (QED) is 0.561. The van der Waals surface area contributed by atoms with E-state index in [0.717, 1.165) is 32.3 Å². The molecule has 7 heteroatoms. The second kappa shape index (κ2) is 9.52. The van der Waals surface area contributed by atoms with E-state index in [1.165, 1.54) is 18.2 Å². The molecule has 6 nitrogen and oxygen atoms in total. The van der Waals surface area contributed by atoms with Gasteiger partial charge in [0.2, 0.25) is 5.91 Å². The topological polar surface area (TPSA) is 73.2 Å². The molecule has 1 N–H and O–H groups in total. The van der Waals surface area contributed by atoms with Crippen molar-refractivity contribution in [2.24, 2.45) is 11.8 Å². The minimum Gasteiger partial charge on any atom is -0.376 e. The summed E-state index contributed by atoms with van der Waals surface area (Å²) in [5, 5.41) is 4.41. The lowest BCUT2D eigenvalue weighted by Gasteiger charge is -2.34. The van der Waals surface area contributed by atoms with Gasteiger partial charge in [-0.15, -0.1) is 0 Å². The highest BCUT2D eigenvalue weighted by atomic mass is 32.2. The van der Waals surface area contributed by atoms with Crippen molar-refractivity contribution in [2.45, 2.75) is 69.8 Å². The summed E-state index contributed by atoms with van der Waals surface area (Å²) in [5.41, 5.74) is 0.609. The number of nitrogens with one attached hydrogen (secondary N) is 1. The Morgan fingerprint density at radius 2 is 2.07 bits per heavy atom. The zero-order valence-corrected chi connectivity index (χ0v) is 18.6. The molecule has 2 aromatic rings. The van der Waals surface area contributed by atoms with E-state index in [9.17, 15) is 9.59 Å². The second-order valence-electron chi connectivity index (χ2n) is 8.69. The van der Waals surface area contributed by atoms with Crippen LogP contribution in [-0.4, -0.2) is 40.0 Å².